The molecule has 1 aromatic carbocycles. The highest BCUT2D eigenvalue weighted by Gasteiger charge is 2.18. The SMILES string of the molecule is O=C(O)c1ccc(-c2ccc3c(c2)OCO3)n1CCO. The predicted molar refractivity (Wildman–Crippen MR) is 70.0 cm³/mol. The third-order valence-corrected chi connectivity index (χ3v) is 3.19. The number of benzene rings is 1. The number of nitrogens with zero attached hydrogens (tertiary/aromatic N) is 1. The second kappa shape index (κ2) is 4.90. The van der Waals surface area contributed by atoms with Crippen LogP contribution in [0.5, 0.6) is 11.5 Å². The van der Waals surface area contributed by atoms with Gasteiger partial charge in [0.15, 0.2) is 11.5 Å². The van der Waals surface area contributed by atoms with Crippen molar-refractivity contribution in [1.82, 2.24) is 4.57 Å². The van der Waals surface area contributed by atoms with Crippen molar-refractivity contribution in [2.45, 2.75) is 6.54 Å². The Balaban J connectivity index is 2.07. The molecule has 0 radical (unpaired) electrons. The average molecular weight is 275 g/mol. The maximum Gasteiger partial charge on any atom is 0.352 e. The number of rotatable bonds is 4. The highest BCUT2D eigenvalue weighted by Crippen LogP contribution is 2.36. The summed E-state index contributed by atoms with van der Waals surface area (Å²) < 4.78 is 12.1. The van der Waals surface area contributed by atoms with Gasteiger partial charge in [-0.3, -0.25) is 0 Å². The summed E-state index contributed by atoms with van der Waals surface area (Å²) >= 11 is 0. The standard InChI is InChI=1S/C14H13NO5/c16-6-5-15-10(2-3-11(15)14(17)18)9-1-4-12-13(7-9)20-8-19-12/h1-4,7,16H,5-6,8H2,(H,17,18). The number of aliphatic hydroxyl groups excluding tert-OH is 1. The lowest BCUT2D eigenvalue weighted by molar-refractivity contribution is 0.0684. The monoisotopic (exact) mass is 275 g/mol. The normalized spacial score (nSPS) is 12.7. The van der Waals surface area contributed by atoms with Crippen LogP contribution in [0.4, 0.5) is 0 Å². The summed E-state index contributed by atoms with van der Waals surface area (Å²) in [5, 5.41) is 18.3. The van der Waals surface area contributed by atoms with Crippen molar-refractivity contribution in [2.75, 3.05) is 13.4 Å². The largest absolute Gasteiger partial charge is 0.477 e. The minimum absolute atomic E-state index is 0.132. The second-order valence-electron chi connectivity index (χ2n) is 4.35. The van der Waals surface area contributed by atoms with Crippen LogP contribution in [-0.4, -0.2) is 34.1 Å². The third-order valence-electron chi connectivity index (χ3n) is 3.19. The van der Waals surface area contributed by atoms with Crippen LogP contribution in [0, 0.1) is 0 Å². The van der Waals surface area contributed by atoms with Crippen LogP contribution >= 0.6 is 0 Å². The van der Waals surface area contributed by atoms with Crippen LogP contribution in [0.2, 0.25) is 0 Å². The molecule has 6 heteroatoms. The molecule has 0 fully saturated rings. The highest BCUT2D eigenvalue weighted by molar-refractivity contribution is 5.87. The lowest BCUT2D eigenvalue weighted by Gasteiger charge is -2.10. The van der Waals surface area contributed by atoms with E-state index in [0.29, 0.717) is 11.5 Å². The van der Waals surface area contributed by atoms with Crippen molar-refractivity contribution in [1.29, 1.82) is 0 Å². The van der Waals surface area contributed by atoms with Crippen LogP contribution in [-0.2, 0) is 6.54 Å². The summed E-state index contributed by atoms with van der Waals surface area (Å²) in [6.45, 7) is 0.279. The van der Waals surface area contributed by atoms with E-state index in [1.54, 1.807) is 22.8 Å². The topological polar surface area (TPSA) is 80.9 Å². The van der Waals surface area contributed by atoms with Gasteiger partial charge in [0, 0.05) is 17.8 Å². The molecule has 1 aliphatic heterocycles. The van der Waals surface area contributed by atoms with Gasteiger partial charge in [-0.05, 0) is 30.3 Å². The fourth-order valence-corrected chi connectivity index (χ4v) is 2.30. The minimum Gasteiger partial charge on any atom is -0.477 e. The smallest absolute Gasteiger partial charge is 0.352 e. The molecule has 2 heterocycles. The summed E-state index contributed by atoms with van der Waals surface area (Å²) in [4.78, 5) is 11.2. The van der Waals surface area contributed by atoms with Gasteiger partial charge in [-0.15, -0.1) is 0 Å². The maximum atomic E-state index is 11.2. The number of aromatic nitrogens is 1. The quantitative estimate of drug-likeness (QED) is 0.885. The Bertz CT molecular complexity index is 662. The number of hydrogen-bond acceptors (Lipinski definition) is 4. The predicted octanol–water partition coefficient (Wildman–Crippen LogP) is 1.57. The summed E-state index contributed by atoms with van der Waals surface area (Å²) in [6.07, 6.45) is 0. The summed E-state index contributed by atoms with van der Waals surface area (Å²) in [5.41, 5.74) is 1.68. The molecule has 0 atom stereocenters. The first-order valence-corrected chi connectivity index (χ1v) is 6.14. The lowest BCUT2D eigenvalue weighted by Crippen LogP contribution is -2.11. The number of carbonyl (C=O) groups is 1. The van der Waals surface area contributed by atoms with Crippen LogP contribution in [0.15, 0.2) is 30.3 Å². The number of aliphatic hydroxyl groups is 1. The molecule has 104 valence electrons. The Morgan fingerprint density at radius 2 is 2.00 bits per heavy atom. The molecule has 0 aliphatic carbocycles. The molecule has 1 aliphatic rings. The molecule has 0 saturated heterocycles. The van der Waals surface area contributed by atoms with E-state index in [0.717, 1.165) is 11.3 Å². The number of fused-ring (bicyclic) bond motifs is 1. The van der Waals surface area contributed by atoms with Gasteiger partial charge in [0.05, 0.1) is 6.61 Å². The van der Waals surface area contributed by atoms with E-state index in [4.69, 9.17) is 19.7 Å². The zero-order chi connectivity index (χ0) is 14.1. The van der Waals surface area contributed by atoms with Gasteiger partial charge in [-0.25, -0.2) is 4.79 Å². The molecule has 3 rings (SSSR count). The molecular formula is C14H13NO5. The van der Waals surface area contributed by atoms with E-state index in [-0.39, 0.29) is 25.6 Å². The highest BCUT2D eigenvalue weighted by atomic mass is 16.7. The number of hydrogen-bond donors (Lipinski definition) is 2. The molecule has 0 bridgehead atoms. The fourth-order valence-electron chi connectivity index (χ4n) is 2.30. The van der Waals surface area contributed by atoms with Crippen LogP contribution < -0.4 is 9.47 Å². The van der Waals surface area contributed by atoms with E-state index in [9.17, 15) is 4.79 Å². The first kappa shape index (κ1) is 12.6. The Labute approximate surface area is 114 Å². The van der Waals surface area contributed by atoms with Gasteiger partial charge >= 0.3 is 5.97 Å². The van der Waals surface area contributed by atoms with Crippen molar-refractivity contribution in [3.05, 3.63) is 36.0 Å². The van der Waals surface area contributed by atoms with Crippen molar-refractivity contribution in [2.24, 2.45) is 0 Å². The zero-order valence-corrected chi connectivity index (χ0v) is 10.6. The van der Waals surface area contributed by atoms with Gasteiger partial charge in [-0.1, -0.05) is 0 Å². The molecule has 0 amide bonds. The van der Waals surface area contributed by atoms with Gasteiger partial charge < -0.3 is 24.3 Å². The first-order chi connectivity index (χ1) is 9.70. The summed E-state index contributed by atoms with van der Waals surface area (Å²) in [5.74, 6) is 0.286. The Hall–Kier alpha value is -2.47. The average Bonchev–Trinajstić information content (AvgIpc) is 3.04. The van der Waals surface area contributed by atoms with Gasteiger partial charge in [-0.2, -0.15) is 0 Å². The Morgan fingerprint density at radius 1 is 1.20 bits per heavy atom. The van der Waals surface area contributed by atoms with Crippen LogP contribution in [0.1, 0.15) is 10.5 Å². The minimum atomic E-state index is -1.02. The van der Waals surface area contributed by atoms with E-state index in [1.807, 2.05) is 6.07 Å². The van der Waals surface area contributed by atoms with E-state index in [1.165, 1.54) is 6.07 Å². The van der Waals surface area contributed by atoms with E-state index in [2.05, 4.69) is 0 Å². The molecule has 2 N–H and O–H groups in total. The van der Waals surface area contributed by atoms with E-state index < -0.39 is 5.97 Å². The summed E-state index contributed by atoms with van der Waals surface area (Å²) in [7, 11) is 0. The van der Waals surface area contributed by atoms with Crippen molar-refractivity contribution >= 4 is 5.97 Å². The summed E-state index contributed by atoms with van der Waals surface area (Å²) in [6, 6.07) is 8.67. The number of carboxylic acid groups (broad SMARTS) is 1. The molecule has 0 unspecified atom stereocenters. The van der Waals surface area contributed by atoms with Gasteiger partial charge in [0.2, 0.25) is 6.79 Å². The van der Waals surface area contributed by atoms with Gasteiger partial charge in [0.25, 0.3) is 0 Å². The molecule has 1 aromatic heterocycles. The Kier molecular flexibility index (Phi) is 3.08. The first-order valence-electron chi connectivity index (χ1n) is 6.14. The van der Waals surface area contributed by atoms with Gasteiger partial charge in [0.1, 0.15) is 5.69 Å². The van der Waals surface area contributed by atoms with Crippen LogP contribution in [0.25, 0.3) is 11.3 Å². The number of ether oxygens (including phenoxy) is 2. The number of aromatic carboxylic acids is 1. The molecule has 6 nitrogen and oxygen atoms in total. The fraction of sp³-hybridized carbons (Fsp3) is 0.214. The van der Waals surface area contributed by atoms with Crippen molar-refractivity contribution < 1.29 is 24.5 Å². The molecule has 0 spiro atoms. The second-order valence-corrected chi connectivity index (χ2v) is 4.35. The van der Waals surface area contributed by atoms with Crippen molar-refractivity contribution in [3.8, 4) is 22.8 Å². The zero-order valence-electron chi connectivity index (χ0n) is 10.6. The molecule has 20 heavy (non-hydrogen) atoms. The van der Waals surface area contributed by atoms with Crippen LogP contribution in [0.3, 0.4) is 0 Å². The van der Waals surface area contributed by atoms with Crippen molar-refractivity contribution in [3.63, 3.8) is 0 Å². The number of carboxylic acids is 1. The molecule has 2 aromatic rings. The molecular weight excluding hydrogens is 262 g/mol. The maximum absolute atomic E-state index is 11.2. The van der Waals surface area contributed by atoms with E-state index >= 15 is 0 Å². The lowest BCUT2D eigenvalue weighted by atomic mass is 10.1. The Morgan fingerprint density at radius 3 is 2.75 bits per heavy atom. The molecule has 0 saturated carbocycles. The third kappa shape index (κ3) is 2.00.